The molecule has 2 aromatic rings. The highest BCUT2D eigenvalue weighted by molar-refractivity contribution is 6.06. The van der Waals surface area contributed by atoms with Crippen molar-refractivity contribution in [1.82, 2.24) is 20.0 Å². The van der Waals surface area contributed by atoms with Gasteiger partial charge in [0, 0.05) is 18.8 Å². The number of amides is 1. The lowest BCUT2D eigenvalue weighted by Crippen LogP contribution is -2.17. The summed E-state index contributed by atoms with van der Waals surface area (Å²) in [5.41, 5.74) is 8.42. The number of aryl methyl sites for hydroxylation is 2. The van der Waals surface area contributed by atoms with Crippen molar-refractivity contribution in [2.24, 2.45) is 7.05 Å². The van der Waals surface area contributed by atoms with Gasteiger partial charge in [-0.25, -0.2) is 0 Å². The molecule has 1 amide bonds. The summed E-state index contributed by atoms with van der Waals surface area (Å²) in [6.45, 7) is 6.04. The Morgan fingerprint density at radius 2 is 2.25 bits per heavy atom. The Kier molecular flexibility index (Phi) is 3.78. The van der Waals surface area contributed by atoms with E-state index in [0.29, 0.717) is 29.5 Å². The molecular weight excluding hydrogens is 256 g/mol. The van der Waals surface area contributed by atoms with Crippen molar-refractivity contribution in [2.45, 2.75) is 33.1 Å². The van der Waals surface area contributed by atoms with Gasteiger partial charge in [0.05, 0.1) is 11.4 Å². The summed E-state index contributed by atoms with van der Waals surface area (Å²) in [6, 6.07) is 1.82. The van der Waals surface area contributed by atoms with E-state index in [2.05, 4.69) is 20.6 Å². The van der Waals surface area contributed by atoms with Gasteiger partial charge in [0.15, 0.2) is 5.82 Å². The van der Waals surface area contributed by atoms with Gasteiger partial charge in [0.2, 0.25) is 0 Å². The van der Waals surface area contributed by atoms with Gasteiger partial charge in [0.25, 0.3) is 5.91 Å². The molecule has 0 bridgehead atoms. The summed E-state index contributed by atoms with van der Waals surface area (Å²) in [6.07, 6.45) is 0.687. The van der Waals surface area contributed by atoms with Crippen LogP contribution in [0, 0.1) is 0 Å². The van der Waals surface area contributed by atoms with E-state index >= 15 is 0 Å². The molecule has 0 aromatic carbocycles. The fraction of sp³-hybridized carbons (Fsp3) is 0.462. The normalized spacial score (nSPS) is 11.1. The molecule has 0 spiro atoms. The molecule has 0 aliphatic heterocycles. The minimum absolute atomic E-state index is 0.306. The maximum absolute atomic E-state index is 12.3. The van der Waals surface area contributed by atoms with Crippen LogP contribution in [-0.4, -0.2) is 25.9 Å². The van der Waals surface area contributed by atoms with Crippen LogP contribution in [0.15, 0.2) is 6.07 Å². The summed E-state index contributed by atoms with van der Waals surface area (Å²) < 4.78 is 1.50. The zero-order chi connectivity index (χ0) is 14.9. The van der Waals surface area contributed by atoms with Crippen LogP contribution in [0.1, 0.15) is 48.6 Å². The highest BCUT2D eigenvalue weighted by Gasteiger charge is 2.20. The van der Waals surface area contributed by atoms with Crippen LogP contribution in [0.3, 0.4) is 0 Å². The molecule has 0 aliphatic rings. The van der Waals surface area contributed by atoms with Crippen LogP contribution in [0.5, 0.6) is 0 Å². The smallest absolute Gasteiger partial charge is 0.277 e. The minimum atomic E-state index is -0.306. The van der Waals surface area contributed by atoms with Crippen molar-refractivity contribution in [2.75, 3.05) is 11.1 Å². The zero-order valence-electron chi connectivity index (χ0n) is 12.2. The van der Waals surface area contributed by atoms with Gasteiger partial charge in [-0.3, -0.25) is 14.6 Å². The van der Waals surface area contributed by atoms with E-state index in [9.17, 15) is 4.79 Å². The zero-order valence-corrected chi connectivity index (χ0v) is 12.2. The van der Waals surface area contributed by atoms with E-state index in [4.69, 9.17) is 5.73 Å². The van der Waals surface area contributed by atoms with Crippen LogP contribution in [0.2, 0.25) is 0 Å². The number of nitrogens with one attached hydrogen (secondary N) is 2. The predicted molar refractivity (Wildman–Crippen MR) is 77.6 cm³/mol. The molecule has 2 rings (SSSR count). The van der Waals surface area contributed by atoms with Gasteiger partial charge in [-0.15, -0.1) is 0 Å². The molecule has 20 heavy (non-hydrogen) atoms. The lowest BCUT2D eigenvalue weighted by molar-refractivity contribution is 0.101. The fourth-order valence-electron chi connectivity index (χ4n) is 2.00. The first kappa shape index (κ1) is 14.1. The number of H-pyrrole nitrogens is 1. The number of aromatic nitrogens is 4. The van der Waals surface area contributed by atoms with Gasteiger partial charge in [-0.2, -0.15) is 10.2 Å². The molecule has 0 radical (unpaired) electrons. The third kappa shape index (κ3) is 2.52. The standard InChI is InChI=1S/C13H20N6O/c1-5-8-11(14)12(19(4)18-8)13(20)15-10-6-9(7(2)3)16-17-10/h6-7H,5,14H2,1-4H3,(H2,15,16,17,20). The van der Waals surface area contributed by atoms with Crippen molar-refractivity contribution in [3.63, 3.8) is 0 Å². The Morgan fingerprint density at radius 3 is 2.75 bits per heavy atom. The summed E-state index contributed by atoms with van der Waals surface area (Å²) in [5.74, 6) is 0.498. The maximum Gasteiger partial charge on any atom is 0.277 e. The number of nitrogens with zero attached hydrogens (tertiary/aromatic N) is 3. The van der Waals surface area contributed by atoms with E-state index in [0.717, 1.165) is 11.4 Å². The molecule has 0 unspecified atom stereocenters. The summed E-state index contributed by atoms with van der Waals surface area (Å²) in [4.78, 5) is 12.3. The number of hydrogen-bond acceptors (Lipinski definition) is 4. The summed E-state index contributed by atoms with van der Waals surface area (Å²) >= 11 is 0. The third-order valence-corrected chi connectivity index (χ3v) is 3.17. The fourth-order valence-corrected chi connectivity index (χ4v) is 2.00. The quantitative estimate of drug-likeness (QED) is 0.790. The maximum atomic E-state index is 12.3. The summed E-state index contributed by atoms with van der Waals surface area (Å²) in [7, 11) is 1.70. The van der Waals surface area contributed by atoms with Gasteiger partial charge in [-0.1, -0.05) is 20.8 Å². The number of aromatic amines is 1. The molecule has 0 atom stereocenters. The molecular formula is C13H20N6O. The molecule has 2 heterocycles. The van der Waals surface area contributed by atoms with Crippen LogP contribution >= 0.6 is 0 Å². The first-order valence-corrected chi connectivity index (χ1v) is 6.62. The monoisotopic (exact) mass is 276 g/mol. The van der Waals surface area contributed by atoms with Crippen LogP contribution in [-0.2, 0) is 13.5 Å². The molecule has 108 valence electrons. The van der Waals surface area contributed by atoms with Gasteiger partial charge in [-0.05, 0) is 12.3 Å². The molecule has 2 aromatic heterocycles. The number of anilines is 2. The van der Waals surface area contributed by atoms with Crippen molar-refractivity contribution in [3.05, 3.63) is 23.1 Å². The number of carbonyl (C=O) groups is 1. The minimum Gasteiger partial charge on any atom is -0.395 e. The predicted octanol–water partition coefficient (Wildman–Crippen LogP) is 1.66. The number of carbonyl (C=O) groups excluding carboxylic acids is 1. The molecule has 7 heteroatoms. The van der Waals surface area contributed by atoms with E-state index in [1.54, 1.807) is 7.05 Å². The third-order valence-electron chi connectivity index (χ3n) is 3.17. The average molecular weight is 276 g/mol. The Hall–Kier alpha value is -2.31. The van der Waals surface area contributed by atoms with E-state index in [1.807, 2.05) is 26.8 Å². The van der Waals surface area contributed by atoms with Gasteiger partial charge >= 0.3 is 0 Å². The second-order valence-corrected chi connectivity index (χ2v) is 5.00. The van der Waals surface area contributed by atoms with Gasteiger partial charge in [0.1, 0.15) is 5.69 Å². The van der Waals surface area contributed by atoms with Crippen molar-refractivity contribution in [1.29, 1.82) is 0 Å². The van der Waals surface area contributed by atoms with Crippen molar-refractivity contribution < 1.29 is 4.79 Å². The molecule has 0 saturated heterocycles. The molecule has 0 fully saturated rings. The number of hydrogen-bond donors (Lipinski definition) is 3. The number of nitrogen functional groups attached to an aromatic ring is 1. The lowest BCUT2D eigenvalue weighted by Gasteiger charge is -2.03. The van der Waals surface area contributed by atoms with Crippen LogP contribution < -0.4 is 11.1 Å². The Labute approximate surface area is 117 Å². The van der Waals surface area contributed by atoms with E-state index in [1.165, 1.54) is 4.68 Å². The Balaban J connectivity index is 2.21. The first-order chi connectivity index (χ1) is 9.43. The Morgan fingerprint density at radius 1 is 1.55 bits per heavy atom. The van der Waals surface area contributed by atoms with Crippen molar-refractivity contribution in [3.8, 4) is 0 Å². The molecule has 0 saturated carbocycles. The topological polar surface area (TPSA) is 102 Å². The highest BCUT2D eigenvalue weighted by Crippen LogP contribution is 2.19. The lowest BCUT2D eigenvalue weighted by atomic mass is 10.1. The van der Waals surface area contributed by atoms with Gasteiger partial charge < -0.3 is 11.1 Å². The Bertz CT molecular complexity index is 625. The number of rotatable bonds is 4. The second kappa shape index (κ2) is 5.36. The largest absolute Gasteiger partial charge is 0.395 e. The average Bonchev–Trinajstić information content (AvgIpc) is 2.94. The molecule has 4 N–H and O–H groups in total. The number of nitrogens with two attached hydrogens (primary N) is 1. The molecule has 7 nitrogen and oxygen atoms in total. The van der Waals surface area contributed by atoms with E-state index in [-0.39, 0.29) is 5.91 Å². The van der Waals surface area contributed by atoms with Crippen LogP contribution in [0.4, 0.5) is 11.5 Å². The molecule has 0 aliphatic carbocycles. The highest BCUT2D eigenvalue weighted by atomic mass is 16.2. The van der Waals surface area contributed by atoms with Crippen LogP contribution in [0.25, 0.3) is 0 Å². The second-order valence-electron chi connectivity index (χ2n) is 5.00. The summed E-state index contributed by atoms with van der Waals surface area (Å²) in [5, 5.41) is 13.9. The first-order valence-electron chi connectivity index (χ1n) is 6.62. The van der Waals surface area contributed by atoms with E-state index < -0.39 is 0 Å². The SMILES string of the molecule is CCc1nn(C)c(C(=O)Nc2cc(C(C)C)[nH]n2)c1N. The van der Waals surface area contributed by atoms with Crippen molar-refractivity contribution >= 4 is 17.4 Å².